The zero-order valence-electron chi connectivity index (χ0n) is 16.0. The van der Waals surface area contributed by atoms with Crippen LogP contribution in [0.15, 0.2) is 42.5 Å². The number of hydrogen-bond acceptors (Lipinski definition) is 6. The Kier molecular flexibility index (Phi) is 6.03. The number of amides is 1. The molecule has 148 valence electrons. The molecule has 0 bridgehead atoms. The summed E-state index contributed by atoms with van der Waals surface area (Å²) in [7, 11) is 0. The molecule has 0 aliphatic carbocycles. The van der Waals surface area contributed by atoms with Gasteiger partial charge < -0.3 is 24.8 Å². The van der Waals surface area contributed by atoms with Gasteiger partial charge in [0.25, 0.3) is 0 Å². The highest BCUT2D eigenvalue weighted by atomic mass is 16.7. The topological polar surface area (TPSA) is 91.1 Å². The van der Waals surface area contributed by atoms with Crippen molar-refractivity contribution in [1.82, 2.24) is 4.90 Å². The molecule has 0 saturated carbocycles. The summed E-state index contributed by atoms with van der Waals surface area (Å²) in [6, 6.07) is 12.5. The molecule has 0 saturated heterocycles. The van der Waals surface area contributed by atoms with E-state index in [1.165, 1.54) is 4.90 Å². The minimum atomic E-state index is -0.453. The van der Waals surface area contributed by atoms with E-state index in [2.05, 4.69) is 0 Å². The van der Waals surface area contributed by atoms with Crippen LogP contribution in [0, 0.1) is 0 Å². The van der Waals surface area contributed by atoms with Gasteiger partial charge >= 0.3 is 6.09 Å². The van der Waals surface area contributed by atoms with E-state index in [0.29, 0.717) is 22.7 Å². The molecule has 2 aromatic carbocycles. The highest BCUT2D eigenvalue weighted by Crippen LogP contribution is 2.36. The standard InChI is InChI=1S/C21H24N2O5/c1-14(2)23(21(25)26-12-15-6-4-3-5-7-15)9-8-18(24)16-10-19-20(11-17(16)22)28-13-27-19/h3-7,10-11,14H,8-9,12-13,22H2,1-2H3. The number of ether oxygens (including phenoxy) is 3. The van der Waals surface area contributed by atoms with Crippen LogP contribution >= 0.6 is 0 Å². The lowest BCUT2D eigenvalue weighted by Crippen LogP contribution is -2.38. The van der Waals surface area contributed by atoms with Crippen molar-refractivity contribution in [2.75, 3.05) is 19.1 Å². The van der Waals surface area contributed by atoms with Gasteiger partial charge in [0, 0.05) is 36.3 Å². The zero-order valence-corrected chi connectivity index (χ0v) is 16.0. The molecule has 1 heterocycles. The smallest absolute Gasteiger partial charge is 0.410 e. The molecule has 1 aliphatic rings. The molecule has 0 spiro atoms. The molecule has 3 rings (SSSR count). The van der Waals surface area contributed by atoms with Crippen molar-refractivity contribution >= 4 is 17.6 Å². The molecule has 7 nitrogen and oxygen atoms in total. The van der Waals surface area contributed by atoms with Gasteiger partial charge in [-0.3, -0.25) is 4.79 Å². The Morgan fingerprint density at radius 2 is 1.82 bits per heavy atom. The number of anilines is 1. The number of hydrogen-bond donors (Lipinski definition) is 1. The number of fused-ring (bicyclic) bond motifs is 1. The Morgan fingerprint density at radius 3 is 2.50 bits per heavy atom. The number of benzene rings is 2. The molecule has 2 aromatic rings. The second kappa shape index (κ2) is 8.65. The third kappa shape index (κ3) is 4.54. The van der Waals surface area contributed by atoms with Crippen LogP contribution in [0.25, 0.3) is 0 Å². The van der Waals surface area contributed by atoms with Gasteiger partial charge in [-0.05, 0) is 25.5 Å². The van der Waals surface area contributed by atoms with Crippen molar-refractivity contribution < 1.29 is 23.8 Å². The molecule has 7 heteroatoms. The molecule has 0 fully saturated rings. The number of nitrogens with two attached hydrogens (primary N) is 1. The van der Waals surface area contributed by atoms with E-state index >= 15 is 0 Å². The first-order valence-corrected chi connectivity index (χ1v) is 9.15. The average molecular weight is 384 g/mol. The molecular formula is C21H24N2O5. The number of carbonyl (C=O) groups excluding carboxylic acids is 2. The third-order valence-electron chi connectivity index (χ3n) is 4.49. The van der Waals surface area contributed by atoms with E-state index in [1.807, 2.05) is 44.2 Å². The summed E-state index contributed by atoms with van der Waals surface area (Å²) in [6.45, 7) is 4.29. The van der Waals surface area contributed by atoms with E-state index in [9.17, 15) is 9.59 Å². The van der Waals surface area contributed by atoms with Gasteiger partial charge in [0.15, 0.2) is 17.3 Å². The van der Waals surface area contributed by atoms with Gasteiger partial charge in [-0.2, -0.15) is 0 Å². The van der Waals surface area contributed by atoms with Gasteiger partial charge in [-0.25, -0.2) is 4.79 Å². The molecule has 0 atom stereocenters. The first kappa shape index (κ1) is 19.5. The van der Waals surface area contributed by atoms with Crippen LogP contribution in [0.2, 0.25) is 0 Å². The summed E-state index contributed by atoms with van der Waals surface area (Å²) < 4.78 is 15.9. The Labute approximate surface area is 164 Å². The highest BCUT2D eigenvalue weighted by Gasteiger charge is 2.23. The summed E-state index contributed by atoms with van der Waals surface area (Å²) in [4.78, 5) is 26.6. The molecule has 0 aromatic heterocycles. The molecule has 1 aliphatic heterocycles. The molecule has 0 unspecified atom stereocenters. The molecule has 2 N–H and O–H groups in total. The van der Waals surface area contributed by atoms with Gasteiger partial charge in [0.05, 0.1) is 0 Å². The molecular weight excluding hydrogens is 360 g/mol. The Bertz CT molecular complexity index is 851. The summed E-state index contributed by atoms with van der Waals surface area (Å²) >= 11 is 0. The van der Waals surface area contributed by atoms with E-state index in [-0.39, 0.29) is 38.2 Å². The number of Topliss-reactive ketones (excluding diaryl/α,β-unsaturated/α-hetero) is 1. The van der Waals surface area contributed by atoms with E-state index in [0.717, 1.165) is 5.56 Å². The Balaban J connectivity index is 1.60. The SMILES string of the molecule is CC(C)N(CCC(=O)c1cc2c(cc1N)OCO2)C(=O)OCc1ccccc1. The van der Waals surface area contributed by atoms with Crippen LogP contribution in [0.3, 0.4) is 0 Å². The predicted octanol–water partition coefficient (Wildman–Crippen LogP) is 3.62. The van der Waals surface area contributed by atoms with Crippen molar-refractivity contribution in [3.05, 3.63) is 53.6 Å². The summed E-state index contributed by atoms with van der Waals surface area (Å²) in [6.07, 6.45) is -0.326. The minimum absolute atomic E-state index is 0.106. The van der Waals surface area contributed by atoms with Crippen LogP contribution < -0.4 is 15.2 Å². The van der Waals surface area contributed by atoms with Crippen molar-refractivity contribution in [2.45, 2.75) is 32.9 Å². The van der Waals surface area contributed by atoms with E-state index < -0.39 is 6.09 Å². The second-order valence-corrected chi connectivity index (χ2v) is 6.79. The lowest BCUT2D eigenvalue weighted by atomic mass is 10.0. The summed E-state index contributed by atoms with van der Waals surface area (Å²) in [5.74, 6) is 0.861. The monoisotopic (exact) mass is 384 g/mol. The zero-order chi connectivity index (χ0) is 20.1. The van der Waals surface area contributed by atoms with Crippen LogP contribution in [-0.4, -0.2) is 36.2 Å². The maximum Gasteiger partial charge on any atom is 0.410 e. The third-order valence-corrected chi connectivity index (χ3v) is 4.49. The van der Waals surface area contributed by atoms with Crippen molar-refractivity contribution in [3.8, 4) is 11.5 Å². The van der Waals surface area contributed by atoms with E-state index in [4.69, 9.17) is 19.9 Å². The first-order valence-electron chi connectivity index (χ1n) is 9.15. The molecule has 1 amide bonds. The van der Waals surface area contributed by atoms with Gasteiger partial charge in [0.2, 0.25) is 6.79 Å². The summed E-state index contributed by atoms with van der Waals surface area (Å²) in [5, 5.41) is 0. The number of nitrogens with zero attached hydrogens (tertiary/aromatic N) is 1. The normalized spacial score (nSPS) is 12.1. The maximum atomic E-state index is 12.6. The molecule has 0 radical (unpaired) electrons. The Hall–Kier alpha value is -3.22. The fourth-order valence-corrected chi connectivity index (χ4v) is 2.92. The largest absolute Gasteiger partial charge is 0.454 e. The maximum absolute atomic E-state index is 12.6. The van der Waals surface area contributed by atoms with Crippen molar-refractivity contribution in [2.24, 2.45) is 0 Å². The van der Waals surface area contributed by atoms with Gasteiger partial charge in [0.1, 0.15) is 6.61 Å². The number of nitrogen functional groups attached to an aromatic ring is 1. The quantitative estimate of drug-likeness (QED) is 0.579. The number of ketones is 1. The van der Waals surface area contributed by atoms with Crippen molar-refractivity contribution in [3.63, 3.8) is 0 Å². The number of carbonyl (C=O) groups is 2. The number of rotatable bonds is 7. The second-order valence-electron chi connectivity index (χ2n) is 6.79. The van der Waals surface area contributed by atoms with Gasteiger partial charge in [-0.15, -0.1) is 0 Å². The lowest BCUT2D eigenvalue weighted by molar-refractivity contribution is 0.0811. The average Bonchev–Trinajstić information content (AvgIpc) is 3.13. The fourth-order valence-electron chi connectivity index (χ4n) is 2.92. The van der Waals surface area contributed by atoms with Gasteiger partial charge in [-0.1, -0.05) is 30.3 Å². The van der Waals surface area contributed by atoms with Crippen LogP contribution in [0.5, 0.6) is 11.5 Å². The van der Waals surface area contributed by atoms with E-state index in [1.54, 1.807) is 12.1 Å². The summed E-state index contributed by atoms with van der Waals surface area (Å²) in [5.41, 5.74) is 7.57. The van der Waals surface area contributed by atoms with Crippen LogP contribution in [0.4, 0.5) is 10.5 Å². The van der Waals surface area contributed by atoms with Crippen LogP contribution in [-0.2, 0) is 11.3 Å². The fraction of sp³-hybridized carbons (Fsp3) is 0.333. The highest BCUT2D eigenvalue weighted by molar-refractivity contribution is 6.01. The Morgan fingerprint density at radius 1 is 1.14 bits per heavy atom. The van der Waals surface area contributed by atoms with Crippen LogP contribution in [0.1, 0.15) is 36.2 Å². The van der Waals surface area contributed by atoms with Crippen molar-refractivity contribution in [1.29, 1.82) is 0 Å². The molecule has 28 heavy (non-hydrogen) atoms. The first-order chi connectivity index (χ1) is 13.5. The minimum Gasteiger partial charge on any atom is -0.454 e. The lowest BCUT2D eigenvalue weighted by Gasteiger charge is -2.25. The predicted molar refractivity (Wildman–Crippen MR) is 104 cm³/mol.